The Kier molecular flexibility index (Phi) is 38.9. The molecule has 0 saturated heterocycles. The first-order valence-electron chi connectivity index (χ1n) is 20.4. The summed E-state index contributed by atoms with van der Waals surface area (Å²) in [6.07, 6.45) is 47.8. The van der Waals surface area contributed by atoms with E-state index in [4.69, 9.17) is 0 Å². The van der Waals surface area contributed by atoms with Gasteiger partial charge in [0.25, 0.3) is 0 Å². The lowest BCUT2D eigenvalue weighted by Gasteiger charge is -2.33. The van der Waals surface area contributed by atoms with Gasteiger partial charge in [-0.3, -0.25) is 0 Å². The summed E-state index contributed by atoms with van der Waals surface area (Å²) < 4.78 is 0.709. The highest BCUT2D eigenvalue weighted by Gasteiger charge is 2.23. The number of quaternary nitrogens is 1. The highest BCUT2D eigenvalue weighted by molar-refractivity contribution is 4.82. The number of nitrogens with zero attached hydrogens (tertiary/aromatic N) is 1. The van der Waals surface area contributed by atoms with Crippen LogP contribution < -0.4 is 12.4 Å². The Balaban J connectivity index is 0. The van der Waals surface area contributed by atoms with Crippen LogP contribution >= 0.6 is 0 Å². The van der Waals surface area contributed by atoms with Gasteiger partial charge in [-0.05, 0) is 64.2 Å². The van der Waals surface area contributed by atoms with Crippen molar-refractivity contribution in [3.8, 4) is 0 Å². The Labute approximate surface area is 296 Å². The zero-order chi connectivity index (χ0) is 33.1. The molecule has 2 N–H and O–H groups in total. The first kappa shape index (κ1) is 47.8. The van der Waals surface area contributed by atoms with E-state index in [2.05, 4.69) is 52.2 Å². The van der Waals surface area contributed by atoms with Crippen LogP contribution in [0.2, 0.25) is 0 Å². The molecule has 0 radical (unpaired) electrons. The van der Waals surface area contributed by atoms with E-state index in [0.29, 0.717) is 4.48 Å². The van der Waals surface area contributed by atoms with Crippen molar-refractivity contribution in [3.05, 3.63) is 24.3 Å². The van der Waals surface area contributed by atoms with Gasteiger partial charge < -0.3 is 27.1 Å². The minimum atomic E-state index is -0.255. The molecule has 3 nitrogen and oxygen atoms in total. The van der Waals surface area contributed by atoms with Gasteiger partial charge in [0, 0.05) is 0 Å². The van der Waals surface area contributed by atoms with E-state index in [-0.39, 0.29) is 24.6 Å². The van der Waals surface area contributed by atoms with Crippen molar-refractivity contribution in [2.45, 2.75) is 219 Å². The van der Waals surface area contributed by atoms with Gasteiger partial charge in [0.15, 0.2) is 0 Å². The second-order valence-corrected chi connectivity index (χ2v) is 15.1. The second kappa shape index (κ2) is 37.5. The third-order valence-electron chi connectivity index (χ3n) is 9.51. The lowest BCUT2D eigenvalue weighted by Crippen LogP contribution is -3.00. The molecule has 0 aliphatic rings. The fourth-order valence-corrected chi connectivity index (χ4v) is 6.65. The smallest absolute Gasteiger partial charge is 0.105 e. The molecule has 0 saturated carbocycles. The average Bonchev–Trinajstić information content (AvgIpc) is 3.00. The van der Waals surface area contributed by atoms with Crippen LogP contribution in [-0.4, -0.2) is 54.1 Å². The number of hydrogen-bond acceptors (Lipinski definition) is 2. The molecule has 2 unspecified atom stereocenters. The predicted molar refractivity (Wildman–Crippen MR) is 202 cm³/mol. The van der Waals surface area contributed by atoms with Crippen LogP contribution in [0.5, 0.6) is 0 Å². The summed E-state index contributed by atoms with van der Waals surface area (Å²) in [7, 11) is 4.33. The molecule has 0 spiro atoms. The molecular weight excluding hydrogens is 586 g/mol. The van der Waals surface area contributed by atoms with E-state index in [1.54, 1.807) is 0 Å². The van der Waals surface area contributed by atoms with Gasteiger partial charge in [-0.25, -0.2) is 0 Å². The van der Waals surface area contributed by atoms with Crippen molar-refractivity contribution in [3.63, 3.8) is 0 Å². The lowest BCUT2D eigenvalue weighted by molar-refractivity contribution is -0.896. The van der Waals surface area contributed by atoms with Gasteiger partial charge in [-0.1, -0.05) is 167 Å². The maximum absolute atomic E-state index is 10.6. The van der Waals surface area contributed by atoms with E-state index < -0.39 is 0 Å². The summed E-state index contributed by atoms with van der Waals surface area (Å²) in [5.41, 5.74) is 0. The summed E-state index contributed by atoms with van der Waals surface area (Å²) in [5.74, 6) is 0. The summed E-state index contributed by atoms with van der Waals surface area (Å²) in [5, 5.41) is 21.3. The second-order valence-electron chi connectivity index (χ2n) is 15.1. The van der Waals surface area contributed by atoms with Crippen LogP contribution in [0, 0.1) is 0 Å². The van der Waals surface area contributed by atoms with E-state index in [1.807, 2.05) is 0 Å². The van der Waals surface area contributed by atoms with Crippen LogP contribution in [0.15, 0.2) is 24.3 Å². The molecule has 0 aromatic carbocycles. The van der Waals surface area contributed by atoms with Gasteiger partial charge in [0.2, 0.25) is 0 Å². The molecule has 0 aromatic rings. The molecule has 4 heteroatoms. The van der Waals surface area contributed by atoms with Crippen molar-refractivity contribution in [1.29, 1.82) is 0 Å². The van der Waals surface area contributed by atoms with Crippen molar-refractivity contribution in [1.82, 2.24) is 0 Å². The minimum absolute atomic E-state index is 0. The zero-order valence-electron chi connectivity index (χ0n) is 31.8. The molecule has 276 valence electrons. The van der Waals surface area contributed by atoms with Crippen LogP contribution in [0.4, 0.5) is 0 Å². The number of aliphatic hydroxyl groups excluding tert-OH is 2. The Morgan fingerprint density at radius 2 is 0.630 bits per heavy atom. The molecular formula is C42H84ClNO2. The highest BCUT2D eigenvalue weighted by atomic mass is 35.5. The van der Waals surface area contributed by atoms with E-state index in [0.717, 1.165) is 38.8 Å². The first-order valence-corrected chi connectivity index (χ1v) is 20.4. The normalized spacial score (nSPS) is 13.5. The monoisotopic (exact) mass is 670 g/mol. The van der Waals surface area contributed by atoms with Crippen LogP contribution in [0.25, 0.3) is 0 Å². The fraction of sp³-hybridized carbons (Fsp3) is 0.905. The molecule has 0 amide bonds. The Morgan fingerprint density at radius 3 is 0.913 bits per heavy atom. The molecule has 0 aromatic heterocycles. The summed E-state index contributed by atoms with van der Waals surface area (Å²) >= 11 is 0. The highest BCUT2D eigenvalue weighted by Crippen LogP contribution is 2.15. The molecule has 0 rings (SSSR count). The van der Waals surface area contributed by atoms with Crippen LogP contribution in [0.1, 0.15) is 206 Å². The van der Waals surface area contributed by atoms with Crippen molar-refractivity contribution < 1.29 is 27.1 Å². The average molecular weight is 671 g/mol. The third-order valence-corrected chi connectivity index (χ3v) is 9.51. The SMILES string of the molecule is CCCCCCCC/C=C\CCCCCCCCC(O)C[N+](C)(C)CC(O)CCCCCCCC/C=C\CCCCCCCC.[Cl-]. The predicted octanol–water partition coefficient (Wildman–Crippen LogP) is 9.64. The molecule has 0 aliphatic carbocycles. The topological polar surface area (TPSA) is 40.5 Å². The Bertz CT molecular complexity index is 583. The fourth-order valence-electron chi connectivity index (χ4n) is 6.65. The lowest BCUT2D eigenvalue weighted by atomic mass is 10.0. The molecule has 0 fully saturated rings. The maximum atomic E-state index is 10.6. The van der Waals surface area contributed by atoms with E-state index in [9.17, 15) is 10.2 Å². The Hall–Kier alpha value is -0.350. The summed E-state index contributed by atoms with van der Waals surface area (Å²) in [6.45, 7) is 6.05. The van der Waals surface area contributed by atoms with Gasteiger partial charge >= 0.3 is 0 Å². The van der Waals surface area contributed by atoms with Gasteiger partial charge in [-0.2, -0.15) is 0 Å². The van der Waals surface area contributed by atoms with Crippen molar-refractivity contribution in [2.24, 2.45) is 0 Å². The number of rotatable bonds is 36. The minimum Gasteiger partial charge on any atom is -1.00 e. The molecule has 2 atom stereocenters. The summed E-state index contributed by atoms with van der Waals surface area (Å²) in [4.78, 5) is 0. The Morgan fingerprint density at radius 1 is 0.391 bits per heavy atom. The van der Waals surface area contributed by atoms with Gasteiger partial charge in [0.05, 0.1) is 14.1 Å². The number of likely N-dealkylation sites (N-methyl/N-ethyl adjacent to an activating group) is 1. The van der Waals surface area contributed by atoms with Gasteiger partial charge in [0.1, 0.15) is 25.3 Å². The van der Waals surface area contributed by atoms with Crippen molar-refractivity contribution >= 4 is 0 Å². The molecule has 0 aliphatic heterocycles. The number of allylic oxidation sites excluding steroid dienone is 4. The largest absolute Gasteiger partial charge is 1.00 e. The van der Waals surface area contributed by atoms with Crippen LogP contribution in [0.3, 0.4) is 0 Å². The first-order chi connectivity index (χ1) is 21.9. The zero-order valence-corrected chi connectivity index (χ0v) is 32.6. The molecule has 46 heavy (non-hydrogen) atoms. The number of aliphatic hydroxyl groups is 2. The molecule has 0 bridgehead atoms. The number of halogens is 1. The standard InChI is InChI=1S/C42H84NO2.ClH/c1-5-7-9-11-13-15-17-19-21-23-25-27-29-31-33-35-37-41(44)39-43(3,4)40-42(45)38-36-34-32-30-28-26-24-22-20-18-16-14-12-10-8-6-2;/h19-22,41-42,44-45H,5-18,23-40H2,1-4H3;1H/q+1;/p-1/b21-19-,22-20-;. The molecule has 0 heterocycles. The quantitative estimate of drug-likeness (QED) is 0.0396. The maximum Gasteiger partial charge on any atom is 0.105 e. The number of hydrogen-bond donors (Lipinski definition) is 2. The van der Waals surface area contributed by atoms with E-state index in [1.165, 1.54) is 167 Å². The van der Waals surface area contributed by atoms with Crippen molar-refractivity contribution in [2.75, 3.05) is 27.2 Å². The van der Waals surface area contributed by atoms with Gasteiger partial charge in [-0.15, -0.1) is 0 Å². The van der Waals surface area contributed by atoms with Crippen LogP contribution in [-0.2, 0) is 0 Å². The third kappa shape index (κ3) is 38.1. The summed E-state index contributed by atoms with van der Waals surface area (Å²) in [6, 6.07) is 0. The number of unbranched alkanes of at least 4 members (excludes halogenated alkanes) is 24. The van der Waals surface area contributed by atoms with E-state index >= 15 is 0 Å².